The van der Waals surface area contributed by atoms with E-state index in [1.54, 1.807) is 6.92 Å². The van der Waals surface area contributed by atoms with E-state index in [0.717, 1.165) is 18.6 Å². The van der Waals surface area contributed by atoms with Crippen LogP contribution < -0.4 is 4.72 Å². The van der Waals surface area contributed by atoms with E-state index < -0.39 is 22.4 Å². The van der Waals surface area contributed by atoms with Crippen molar-refractivity contribution in [3.8, 4) is 0 Å². The summed E-state index contributed by atoms with van der Waals surface area (Å²) >= 11 is 0. The van der Waals surface area contributed by atoms with Gasteiger partial charge < -0.3 is 9.84 Å². The van der Waals surface area contributed by atoms with Crippen LogP contribution in [0.15, 0.2) is 23.1 Å². The summed E-state index contributed by atoms with van der Waals surface area (Å²) in [6.07, 6.45) is 0.791. The summed E-state index contributed by atoms with van der Waals surface area (Å²) < 4.78 is 45.6. The van der Waals surface area contributed by atoms with Crippen LogP contribution in [0.25, 0.3) is 0 Å². The lowest BCUT2D eigenvalue weighted by molar-refractivity contribution is 0.180. The molecule has 2 rings (SSSR count). The lowest BCUT2D eigenvalue weighted by atomic mass is 10.0. The molecule has 0 radical (unpaired) electrons. The highest BCUT2D eigenvalue weighted by atomic mass is 32.2. The molecular formula is C13H18FNO4S. The fourth-order valence-corrected chi connectivity index (χ4v) is 3.82. The van der Waals surface area contributed by atoms with Crippen LogP contribution in [0.2, 0.25) is 0 Å². The molecule has 112 valence electrons. The molecule has 7 heteroatoms. The molecule has 5 nitrogen and oxygen atoms in total. The first-order chi connectivity index (χ1) is 9.44. The van der Waals surface area contributed by atoms with E-state index in [4.69, 9.17) is 4.74 Å². The average molecular weight is 303 g/mol. The molecular weight excluding hydrogens is 285 g/mol. The Morgan fingerprint density at radius 3 is 2.90 bits per heavy atom. The molecule has 0 saturated carbocycles. The first-order valence-electron chi connectivity index (χ1n) is 6.43. The lowest BCUT2D eigenvalue weighted by Gasteiger charge is -2.20. The zero-order chi connectivity index (χ0) is 14.8. The predicted molar refractivity (Wildman–Crippen MR) is 71.0 cm³/mol. The van der Waals surface area contributed by atoms with Gasteiger partial charge in [0.1, 0.15) is 5.82 Å². The molecule has 0 spiro atoms. The first kappa shape index (κ1) is 15.4. The normalized spacial score (nSPS) is 21.1. The number of aliphatic hydroxyl groups excluding tert-OH is 1. The molecule has 2 atom stereocenters. The number of rotatable bonds is 5. The van der Waals surface area contributed by atoms with Crippen molar-refractivity contribution in [3.63, 3.8) is 0 Å². The van der Waals surface area contributed by atoms with Gasteiger partial charge in [-0.3, -0.25) is 0 Å². The second-order valence-electron chi connectivity index (χ2n) is 4.94. The van der Waals surface area contributed by atoms with Crippen LogP contribution in [0.1, 0.15) is 18.9 Å². The van der Waals surface area contributed by atoms with E-state index in [2.05, 4.69) is 4.72 Å². The van der Waals surface area contributed by atoms with Crippen LogP contribution in [0.4, 0.5) is 4.39 Å². The van der Waals surface area contributed by atoms with Crippen molar-refractivity contribution in [2.45, 2.75) is 30.9 Å². The van der Waals surface area contributed by atoms with E-state index >= 15 is 0 Å². The molecule has 2 unspecified atom stereocenters. The van der Waals surface area contributed by atoms with Gasteiger partial charge in [-0.2, -0.15) is 0 Å². The van der Waals surface area contributed by atoms with Crippen molar-refractivity contribution in [1.29, 1.82) is 0 Å². The zero-order valence-corrected chi connectivity index (χ0v) is 12.0. The quantitative estimate of drug-likeness (QED) is 0.851. The first-order valence-corrected chi connectivity index (χ1v) is 7.91. The van der Waals surface area contributed by atoms with Crippen LogP contribution in [0, 0.1) is 11.7 Å². The van der Waals surface area contributed by atoms with Gasteiger partial charge in [0.2, 0.25) is 10.0 Å². The van der Waals surface area contributed by atoms with Crippen molar-refractivity contribution >= 4 is 10.0 Å². The predicted octanol–water partition coefficient (Wildman–Crippen LogP) is 1.02. The van der Waals surface area contributed by atoms with Gasteiger partial charge >= 0.3 is 0 Å². The Bertz CT molecular complexity index is 570. The molecule has 1 aliphatic rings. The molecule has 0 aromatic heterocycles. The summed E-state index contributed by atoms with van der Waals surface area (Å²) in [5.74, 6) is -0.546. The third-order valence-corrected chi connectivity index (χ3v) is 5.14. The number of benzene rings is 1. The number of sulfonamides is 1. The Morgan fingerprint density at radius 1 is 1.55 bits per heavy atom. The third-order valence-electron chi connectivity index (χ3n) is 3.50. The molecule has 0 aliphatic carbocycles. The van der Waals surface area contributed by atoms with Gasteiger partial charge in [-0.1, -0.05) is 6.07 Å². The van der Waals surface area contributed by atoms with Crippen LogP contribution in [0.3, 0.4) is 0 Å². The van der Waals surface area contributed by atoms with Crippen molar-refractivity contribution in [3.05, 3.63) is 29.6 Å². The monoisotopic (exact) mass is 303 g/mol. The zero-order valence-electron chi connectivity index (χ0n) is 11.2. The van der Waals surface area contributed by atoms with E-state index in [9.17, 15) is 17.9 Å². The Labute approximate surface area is 117 Å². The van der Waals surface area contributed by atoms with Gasteiger partial charge in [0.05, 0.1) is 18.1 Å². The number of halogens is 1. The molecule has 0 amide bonds. The minimum absolute atomic E-state index is 0.107. The minimum Gasteiger partial charge on any atom is -0.392 e. The number of ether oxygens (including phenoxy) is 1. The molecule has 1 aromatic rings. The standard InChI is InChI=1S/C13H18FNO4S/c1-9(11-4-5-19-8-11)15-20(17,18)13-6-12(14)3-2-10(13)7-16/h2-3,6,9,11,15-16H,4-5,7-8H2,1H3. The van der Waals surface area contributed by atoms with Gasteiger partial charge in [-0.25, -0.2) is 17.5 Å². The molecule has 1 aliphatic heterocycles. The summed E-state index contributed by atoms with van der Waals surface area (Å²) in [7, 11) is -3.87. The molecule has 2 N–H and O–H groups in total. The second-order valence-corrected chi connectivity index (χ2v) is 6.63. The molecule has 20 heavy (non-hydrogen) atoms. The summed E-state index contributed by atoms with van der Waals surface area (Å²) in [5.41, 5.74) is 0.175. The Hall–Kier alpha value is -1.02. The van der Waals surface area contributed by atoms with Gasteiger partial charge in [0, 0.05) is 18.6 Å². The van der Waals surface area contributed by atoms with E-state index in [1.807, 2.05) is 0 Å². The number of hydrogen-bond acceptors (Lipinski definition) is 4. The molecule has 1 saturated heterocycles. The Balaban J connectivity index is 2.23. The lowest BCUT2D eigenvalue weighted by Crippen LogP contribution is -2.38. The van der Waals surface area contributed by atoms with Gasteiger partial charge in [-0.05, 0) is 31.0 Å². The molecule has 1 fully saturated rings. The highest BCUT2D eigenvalue weighted by Crippen LogP contribution is 2.21. The van der Waals surface area contributed by atoms with Crippen LogP contribution in [-0.2, 0) is 21.4 Å². The van der Waals surface area contributed by atoms with Crippen molar-refractivity contribution in [2.24, 2.45) is 5.92 Å². The molecule has 0 bridgehead atoms. The summed E-state index contributed by atoms with van der Waals surface area (Å²) in [5, 5.41) is 9.18. The van der Waals surface area contributed by atoms with Crippen molar-refractivity contribution < 1.29 is 22.7 Å². The maximum atomic E-state index is 13.3. The smallest absolute Gasteiger partial charge is 0.241 e. The average Bonchev–Trinajstić information content (AvgIpc) is 2.92. The minimum atomic E-state index is -3.87. The Morgan fingerprint density at radius 2 is 2.30 bits per heavy atom. The fourth-order valence-electron chi connectivity index (χ4n) is 2.26. The highest BCUT2D eigenvalue weighted by Gasteiger charge is 2.28. The summed E-state index contributed by atoms with van der Waals surface area (Å²) in [4.78, 5) is -0.217. The summed E-state index contributed by atoms with van der Waals surface area (Å²) in [6.45, 7) is 2.44. The number of aliphatic hydroxyl groups is 1. The van der Waals surface area contributed by atoms with E-state index in [-0.39, 0.29) is 22.4 Å². The molecule has 1 aromatic carbocycles. The SMILES string of the molecule is CC(NS(=O)(=O)c1cc(F)ccc1CO)C1CCOC1. The third kappa shape index (κ3) is 3.35. The molecule has 1 heterocycles. The highest BCUT2D eigenvalue weighted by molar-refractivity contribution is 7.89. The van der Waals surface area contributed by atoms with Crippen LogP contribution >= 0.6 is 0 Å². The van der Waals surface area contributed by atoms with Crippen molar-refractivity contribution in [1.82, 2.24) is 4.72 Å². The van der Waals surface area contributed by atoms with E-state index in [1.165, 1.54) is 6.07 Å². The fraction of sp³-hybridized carbons (Fsp3) is 0.538. The van der Waals surface area contributed by atoms with E-state index in [0.29, 0.717) is 13.2 Å². The van der Waals surface area contributed by atoms with Gasteiger partial charge in [0.25, 0.3) is 0 Å². The maximum absolute atomic E-state index is 13.3. The van der Waals surface area contributed by atoms with Gasteiger partial charge in [-0.15, -0.1) is 0 Å². The van der Waals surface area contributed by atoms with Crippen LogP contribution in [-0.4, -0.2) is 32.8 Å². The summed E-state index contributed by atoms with van der Waals surface area (Å²) in [6, 6.07) is 3.01. The Kier molecular flexibility index (Phi) is 4.74. The largest absolute Gasteiger partial charge is 0.392 e. The van der Waals surface area contributed by atoms with Gasteiger partial charge in [0.15, 0.2) is 0 Å². The number of nitrogens with one attached hydrogen (secondary N) is 1. The van der Waals surface area contributed by atoms with Crippen molar-refractivity contribution in [2.75, 3.05) is 13.2 Å². The number of hydrogen-bond donors (Lipinski definition) is 2. The maximum Gasteiger partial charge on any atom is 0.241 e. The van der Waals surface area contributed by atoms with Crippen LogP contribution in [0.5, 0.6) is 0 Å². The topological polar surface area (TPSA) is 75.6 Å². The second kappa shape index (κ2) is 6.17.